The van der Waals surface area contributed by atoms with Crippen LogP contribution in [0.5, 0.6) is 0 Å². The van der Waals surface area contributed by atoms with Crippen molar-refractivity contribution >= 4 is 28.5 Å². The van der Waals surface area contributed by atoms with Gasteiger partial charge < -0.3 is 5.32 Å². The summed E-state index contributed by atoms with van der Waals surface area (Å²) in [7, 11) is 0. The van der Waals surface area contributed by atoms with Gasteiger partial charge in [0.15, 0.2) is 0 Å². The molecule has 6 heteroatoms. The van der Waals surface area contributed by atoms with Crippen LogP contribution in [0.4, 0.5) is 0 Å². The quantitative estimate of drug-likeness (QED) is 0.632. The van der Waals surface area contributed by atoms with Crippen LogP contribution in [0.2, 0.25) is 0 Å². The molecule has 1 aliphatic heterocycles. The highest BCUT2D eigenvalue weighted by Gasteiger charge is 2.32. The lowest BCUT2D eigenvalue weighted by Gasteiger charge is -2.27. The van der Waals surface area contributed by atoms with E-state index in [1.165, 1.54) is 4.90 Å². The minimum Gasteiger partial charge on any atom is -0.356 e. The van der Waals surface area contributed by atoms with Crippen LogP contribution < -0.4 is 5.32 Å². The average Bonchev–Trinajstić information content (AvgIpc) is 2.75. The number of aromatic nitrogens is 1. The maximum atomic E-state index is 12.8. The van der Waals surface area contributed by atoms with Gasteiger partial charge >= 0.3 is 0 Å². The smallest absolute Gasteiger partial charge is 0.261 e. The molecule has 1 aromatic heterocycles. The topological polar surface area (TPSA) is 79.4 Å². The normalized spacial score (nSPS) is 13.0. The molecule has 2 aromatic carbocycles. The second-order valence-corrected chi connectivity index (χ2v) is 7.00. The van der Waals surface area contributed by atoms with Gasteiger partial charge in [-0.3, -0.25) is 24.3 Å². The predicted octanol–water partition coefficient (Wildman–Crippen LogP) is 2.97. The zero-order chi connectivity index (χ0) is 20.2. The Balaban J connectivity index is 1.33. The molecule has 29 heavy (non-hydrogen) atoms. The lowest BCUT2D eigenvalue weighted by Crippen LogP contribution is -2.41. The third kappa shape index (κ3) is 3.87. The van der Waals surface area contributed by atoms with Gasteiger partial charge in [0.2, 0.25) is 5.91 Å². The van der Waals surface area contributed by atoms with E-state index < -0.39 is 0 Å². The van der Waals surface area contributed by atoms with Crippen molar-refractivity contribution in [2.45, 2.75) is 19.3 Å². The maximum Gasteiger partial charge on any atom is 0.261 e. The van der Waals surface area contributed by atoms with Crippen molar-refractivity contribution in [3.8, 4) is 0 Å². The van der Waals surface area contributed by atoms with Gasteiger partial charge in [-0.05, 0) is 36.1 Å². The van der Waals surface area contributed by atoms with Gasteiger partial charge in [-0.25, -0.2) is 0 Å². The average molecular weight is 387 g/mol. The number of hydrogen-bond acceptors (Lipinski definition) is 4. The lowest BCUT2D eigenvalue weighted by atomic mass is 9.94. The summed E-state index contributed by atoms with van der Waals surface area (Å²) in [6.45, 7) is 0.725. The zero-order valence-electron chi connectivity index (χ0n) is 15.9. The Labute approximate surface area is 168 Å². The van der Waals surface area contributed by atoms with E-state index in [4.69, 9.17) is 0 Å². The number of carbonyl (C=O) groups excluding carboxylic acids is 3. The van der Waals surface area contributed by atoms with E-state index in [1.54, 1.807) is 18.3 Å². The van der Waals surface area contributed by atoms with Crippen LogP contribution in [-0.2, 0) is 11.2 Å². The van der Waals surface area contributed by atoms with Crippen LogP contribution in [0.1, 0.15) is 39.3 Å². The molecule has 6 nitrogen and oxygen atoms in total. The molecule has 0 atom stereocenters. The first kappa shape index (κ1) is 18.8. The molecule has 0 bridgehead atoms. The van der Waals surface area contributed by atoms with E-state index in [1.807, 2.05) is 42.5 Å². The highest BCUT2D eigenvalue weighted by Crippen LogP contribution is 2.29. The molecule has 146 valence electrons. The second-order valence-electron chi connectivity index (χ2n) is 7.00. The van der Waals surface area contributed by atoms with Gasteiger partial charge in [-0.1, -0.05) is 30.3 Å². The van der Waals surface area contributed by atoms with E-state index in [9.17, 15) is 14.4 Å². The molecule has 0 fully saturated rings. The van der Waals surface area contributed by atoms with Crippen molar-refractivity contribution in [1.82, 2.24) is 15.2 Å². The van der Waals surface area contributed by atoms with Crippen molar-refractivity contribution in [3.05, 3.63) is 77.6 Å². The molecule has 1 N–H and O–H groups in total. The third-order valence-corrected chi connectivity index (χ3v) is 5.07. The highest BCUT2D eigenvalue weighted by molar-refractivity contribution is 6.25. The van der Waals surface area contributed by atoms with Crippen molar-refractivity contribution in [3.63, 3.8) is 0 Å². The molecule has 0 spiro atoms. The second kappa shape index (κ2) is 8.22. The fourth-order valence-corrected chi connectivity index (χ4v) is 3.65. The largest absolute Gasteiger partial charge is 0.356 e. The maximum absolute atomic E-state index is 12.8. The van der Waals surface area contributed by atoms with Gasteiger partial charge in [-0.2, -0.15) is 0 Å². The number of pyridine rings is 1. The number of rotatable bonds is 7. The van der Waals surface area contributed by atoms with Gasteiger partial charge in [0.1, 0.15) is 0 Å². The molecule has 0 aliphatic carbocycles. The summed E-state index contributed by atoms with van der Waals surface area (Å²) in [5, 5.41) is 4.45. The van der Waals surface area contributed by atoms with E-state index in [-0.39, 0.29) is 30.7 Å². The Morgan fingerprint density at radius 1 is 0.931 bits per heavy atom. The number of nitrogens with zero attached hydrogens (tertiary/aromatic N) is 2. The molecule has 0 radical (unpaired) electrons. The fourth-order valence-electron chi connectivity index (χ4n) is 3.65. The molecule has 0 unspecified atom stereocenters. The minimum atomic E-state index is -0.296. The van der Waals surface area contributed by atoms with Crippen LogP contribution in [0.15, 0.2) is 60.8 Å². The van der Waals surface area contributed by atoms with Gasteiger partial charge in [0.25, 0.3) is 11.8 Å². The van der Waals surface area contributed by atoms with Gasteiger partial charge in [0.05, 0.1) is 0 Å². The fraction of sp³-hybridized carbons (Fsp3) is 0.217. The summed E-state index contributed by atoms with van der Waals surface area (Å²) in [6, 6.07) is 16.6. The predicted molar refractivity (Wildman–Crippen MR) is 109 cm³/mol. The molecule has 4 rings (SSSR count). The monoisotopic (exact) mass is 387 g/mol. The van der Waals surface area contributed by atoms with E-state index in [0.29, 0.717) is 35.9 Å². The Bertz CT molecular complexity index is 1030. The first-order valence-electron chi connectivity index (χ1n) is 9.69. The molecule has 1 aliphatic rings. The number of benzene rings is 2. The summed E-state index contributed by atoms with van der Waals surface area (Å²) in [5.74, 6) is -0.690. The molecule has 0 saturated heterocycles. The summed E-state index contributed by atoms with van der Waals surface area (Å²) in [4.78, 5) is 43.2. The summed E-state index contributed by atoms with van der Waals surface area (Å²) in [6.07, 6.45) is 3.06. The molecular formula is C23H21N3O3. The van der Waals surface area contributed by atoms with Crippen LogP contribution >= 0.6 is 0 Å². The van der Waals surface area contributed by atoms with Crippen molar-refractivity contribution in [1.29, 1.82) is 0 Å². The molecule has 3 aromatic rings. The summed E-state index contributed by atoms with van der Waals surface area (Å²) in [5.41, 5.74) is 2.00. The molecule has 0 saturated carbocycles. The number of carbonyl (C=O) groups is 3. The Morgan fingerprint density at radius 3 is 2.31 bits per heavy atom. The zero-order valence-corrected chi connectivity index (χ0v) is 15.9. The minimum absolute atomic E-state index is 0.0969. The Hall–Kier alpha value is -3.54. The van der Waals surface area contributed by atoms with Gasteiger partial charge in [0, 0.05) is 54.3 Å². The Morgan fingerprint density at radius 2 is 1.66 bits per heavy atom. The first-order valence-corrected chi connectivity index (χ1v) is 9.69. The van der Waals surface area contributed by atoms with Crippen molar-refractivity contribution in [2.24, 2.45) is 0 Å². The van der Waals surface area contributed by atoms with Crippen LogP contribution in [0.3, 0.4) is 0 Å². The standard InChI is InChI=1S/C23H21N3O3/c27-20(25-14-12-17-8-1-2-13-24-17)11-5-15-26-22(28)18-9-3-6-16-7-4-10-19(21(16)18)23(26)29/h1-4,6-10,13H,5,11-12,14-15H2,(H,25,27). The summed E-state index contributed by atoms with van der Waals surface area (Å²) >= 11 is 0. The highest BCUT2D eigenvalue weighted by atomic mass is 16.2. The first-order chi connectivity index (χ1) is 14.1. The number of nitrogens with one attached hydrogen (secondary N) is 1. The van der Waals surface area contributed by atoms with E-state index in [0.717, 1.165) is 11.1 Å². The van der Waals surface area contributed by atoms with Crippen molar-refractivity contribution < 1.29 is 14.4 Å². The number of imide groups is 1. The number of amides is 3. The molecule has 3 amide bonds. The SMILES string of the molecule is O=C(CCCN1C(=O)c2cccc3cccc(c23)C1=O)NCCc1ccccn1. The Kier molecular flexibility index (Phi) is 5.33. The van der Waals surface area contributed by atoms with E-state index >= 15 is 0 Å². The van der Waals surface area contributed by atoms with Crippen LogP contribution in [-0.4, -0.2) is 40.7 Å². The van der Waals surface area contributed by atoms with Crippen LogP contribution in [0, 0.1) is 0 Å². The summed E-state index contributed by atoms with van der Waals surface area (Å²) < 4.78 is 0. The van der Waals surface area contributed by atoms with E-state index in [2.05, 4.69) is 10.3 Å². The molecule has 2 heterocycles. The lowest BCUT2D eigenvalue weighted by molar-refractivity contribution is -0.121. The van der Waals surface area contributed by atoms with Gasteiger partial charge in [-0.15, -0.1) is 0 Å². The molecular weight excluding hydrogens is 366 g/mol. The third-order valence-electron chi connectivity index (χ3n) is 5.07. The number of hydrogen-bond donors (Lipinski definition) is 1. The van der Waals surface area contributed by atoms with Crippen LogP contribution in [0.25, 0.3) is 10.8 Å². The van der Waals surface area contributed by atoms with Crippen molar-refractivity contribution in [2.75, 3.05) is 13.1 Å².